The number of fused-ring (bicyclic) bond motifs is 1. The van der Waals surface area contributed by atoms with Gasteiger partial charge in [0.15, 0.2) is 0 Å². The molecule has 2 nitrogen and oxygen atoms in total. The summed E-state index contributed by atoms with van der Waals surface area (Å²) in [4.78, 5) is 4.56. The van der Waals surface area contributed by atoms with Crippen LogP contribution in [0.3, 0.4) is 0 Å². The second kappa shape index (κ2) is 5.86. The number of hydrogen-bond acceptors (Lipinski definition) is 1. The lowest BCUT2D eigenvalue weighted by atomic mass is 10.1. The average molecular weight is 303 g/mol. The molecule has 21 heavy (non-hydrogen) atoms. The molecule has 3 aromatic rings. The van der Waals surface area contributed by atoms with Gasteiger partial charge in [0.25, 0.3) is 0 Å². The fourth-order valence-corrected chi connectivity index (χ4v) is 2.77. The van der Waals surface area contributed by atoms with Crippen LogP contribution in [0.2, 0.25) is 0 Å². The van der Waals surface area contributed by atoms with Crippen LogP contribution >= 0.6 is 11.6 Å². The predicted octanol–water partition coefficient (Wildman–Crippen LogP) is 4.47. The summed E-state index contributed by atoms with van der Waals surface area (Å²) in [7, 11) is 0. The Kier molecular flexibility index (Phi) is 3.93. The van der Waals surface area contributed by atoms with E-state index in [2.05, 4.69) is 22.5 Å². The molecule has 0 saturated heterocycles. The molecule has 0 bridgehead atoms. The molecule has 4 heteroatoms. The van der Waals surface area contributed by atoms with Crippen LogP contribution in [0.4, 0.5) is 4.39 Å². The fraction of sp³-hybridized carbons (Fsp3) is 0.235. The Hall–Kier alpha value is -1.87. The molecule has 0 aliphatic rings. The zero-order chi connectivity index (χ0) is 14.8. The summed E-state index contributed by atoms with van der Waals surface area (Å²) in [5, 5.41) is 0. The van der Waals surface area contributed by atoms with Crippen LogP contribution in [0.5, 0.6) is 0 Å². The Morgan fingerprint density at radius 1 is 1.19 bits per heavy atom. The lowest BCUT2D eigenvalue weighted by molar-refractivity contribution is 0.621. The topological polar surface area (TPSA) is 17.8 Å². The van der Waals surface area contributed by atoms with Gasteiger partial charge in [0.1, 0.15) is 11.6 Å². The van der Waals surface area contributed by atoms with Crippen LogP contribution in [0, 0.1) is 12.7 Å². The van der Waals surface area contributed by atoms with Gasteiger partial charge in [-0.25, -0.2) is 9.37 Å². The molecule has 0 radical (unpaired) electrons. The summed E-state index contributed by atoms with van der Waals surface area (Å²) in [6.45, 7) is 2.80. The van der Waals surface area contributed by atoms with Crippen LogP contribution in [0.15, 0.2) is 42.5 Å². The first-order chi connectivity index (χ1) is 10.2. The minimum Gasteiger partial charge on any atom is -0.327 e. The molecule has 1 heterocycles. The zero-order valence-electron chi connectivity index (χ0n) is 11.8. The first-order valence-electron chi connectivity index (χ1n) is 6.93. The third-order valence-electron chi connectivity index (χ3n) is 3.62. The minimum atomic E-state index is -0.198. The van der Waals surface area contributed by atoms with E-state index in [4.69, 9.17) is 11.6 Å². The van der Waals surface area contributed by atoms with Crippen molar-refractivity contribution in [2.24, 2.45) is 0 Å². The Bertz CT molecular complexity index is 780. The summed E-state index contributed by atoms with van der Waals surface area (Å²) >= 11 is 6.01. The summed E-state index contributed by atoms with van der Waals surface area (Å²) in [5.41, 5.74) is 4.21. The minimum absolute atomic E-state index is 0.198. The number of aryl methyl sites for hydroxylation is 3. The van der Waals surface area contributed by atoms with Gasteiger partial charge in [-0.2, -0.15) is 0 Å². The number of hydrogen-bond donors (Lipinski definition) is 0. The van der Waals surface area contributed by atoms with Gasteiger partial charge in [-0.1, -0.05) is 18.2 Å². The molecule has 0 unspecified atom stereocenters. The number of halogens is 2. The maximum absolute atomic E-state index is 13.2. The molecule has 0 aliphatic heterocycles. The number of nitrogens with zero attached hydrogens (tertiary/aromatic N) is 2. The molecular weight excluding hydrogens is 287 g/mol. The highest BCUT2D eigenvalue weighted by molar-refractivity contribution is 6.16. The molecule has 1 aromatic heterocycles. The normalized spacial score (nSPS) is 11.2. The quantitative estimate of drug-likeness (QED) is 0.650. The van der Waals surface area contributed by atoms with Crippen LogP contribution in [0.1, 0.15) is 17.0 Å². The molecule has 2 aromatic carbocycles. The third kappa shape index (κ3) is 2.93. The van der Waals surface area contributed by atoms with Crippen LogP contribution in [-0.2, 0) is 18.8 Å². The summed E-state index contributed by atoms with van der Waals surface area (Å²) in [6.07, 6.45) is 0.751. The van der Waals surface area contributed by atoms with Gasteiger partial charge in [0, 0.05) is 6.54 Å². The van der Waals surface area contributed by atoms with Gasteiger partial charge in [-0.05, 0) is 48.7 Å². The van der Waals surface area contributed by atoms with E-state index in [1.165, 1.54) is 11.6 Å². The average Bonchev–Trinajstić information content (AvgIpc) is 2.82. The van der Waals surface area contributed by atoms with Gasteiger partial charge in [0.05, 0.1) is 16.9 Å². The predicted molar refractivity (Wildman–Crippen MR) is 84.1 cm³/mol. The van der Waals surface area contributed by atoms with E-state index in [0.717, 1.165) is 35.4 Å². The van der Waals surface area contributed by atoms with Crippen molar-refractivity contribution in [2.45, 2.75) is 25.8 Å². The van der Waals surface area contributed by atoms with Crippen molar-refractivity contribution in [1.82, 2.24) is 9.55 Å². The van der Waals surface area contributed by atoms with Crippen molar-refractivity contribution in [3.8, 4) is 0 Å². The van der Waals surface area contributed by atoms with Crippen molar-refractivity contribution in [1.29, 1.82) is 0 Å². The van der Waals surface area contributed by atoms with Crippen LogP contribution < -0.4 is 0 Å². The largest absolute Gasteiger partial charge is 0.327 e. The zero-order valence-corrected chi connectivity index (χ0v) is 12.6. The molecule has 3 rings (SSSR count). The lowest BCUT2D eigenvalue weighted by Gasteiger charge is -2.08. The van der Waals surface area contributed by atoms with Crippen molar-refractivity contribution < 1.29 is 4.39 Å². The second-order valence-corrected chi connectivity index (χ2v) is 5.45. The van der Waals surface area contributed by atoms with Crippen LogP contribution in [-0.4, -0.2) is 9.55 Å². The van der Waals surface area contributed by atoms with E-state index in [1.54, 1.807) is 12.1 Å². The lowest BCUT2D eigenvalue weighted by Crippen LogP contribution is -2.05. The summed E-state index contributed by atoms with van der Waals surface area (Å²) in [6, 6.07) is 12.9. The van der Waals surface area contributed by atoms with Gasteiger partial charge in [-0.3, -0.25) is 0 Å². The maximum atomic E-state index is 13.2. The molecule has 0 saturated carbocycles. The molecule has 0 atom stereocenters. The highest BCUT2D eigenvalue weighted by atomic mass is 35.5. The molecule has 0 fully saturated rings. The summed E-state index contributed by atoms with van der Waals surface area (Å²) < 4.78 is 15.4. The fourth-order valence-electron chi connectivity index (χ4n) is 2.57. The van der Waals surface area contributed by atoms with E-state index >= 15 is 0 Å². The molecule has 0 amide bonds. The maximum Gasteiger partial charge on any atom is 0.124 e. The molecule has 0 spiro atoms. The monoisotopic (exact) mass is 302 g/mol. The van der Waals surface area contributed by atoms with E-state index < -0.39 is 0 Å². The Morgan fingerprint density at radius 3 is 2.81 bits per heavy atom. The van der Waals surface area contributed by atoms with Gasteiger partial charge < -0.3 is 4.57 Å². The standard InChI is InChI=1S/C17H16ClFN2/c1-12-5-6-15-16(9-12)21(17(11-18)20-15)8-7-13-3-2-4-14(19)10-13/h2-6,9-10H,7-8,11H2,1H3. The number of imidazole rings is 1. The number of rotatable bonds is 4. The second-order valence-electron chi connectivity index (χ2n) is 5.19. The number of aromatic nitrogens is 2. The first kappa shape index (κ1) is 14.1. The Balaban J connectivity index is 1.93. The SMILES string of the molecule is Cc1ccc2nc(CCl)n(CCc3cccc(F)c3)c2c1. The van der Waals surface area contributed by atoms with E-state index in [9.17, 15) is 4.39 Å². The van der Waals surface area contributed by atoms with E-state index in [0.29, 0.717) is 5.88 Å². The smallest absolute Gasteiger partial charge is 0.124 e. The third-order valence-corrected chi connectivity index (χ3v) is 3.85. The molecular formula is C17H16ClFN2. The summed E-state index contributed by atoms with van der Waals surface area (Å²) in [5.74, 6) is 1.03. The number of benzene rings is 2. The highest BCUT2D eigenvalue weighted by Crippen LogP contribution is 2.20. The van der Waals surface area contributed by atoms with Crippen molar-refractivity contribution in [3.63, 3.8) is 0 Å². The van der Waals surface area contributed by atoms with E-state index in [-0.39, 0.29) is 5.82 Å². The van der Waals surface area contributed by atoms with Crippen LogP contribution in [0.25, 0.3) is 11.0 Å². The highest BCUT2D eigenvalue weighted by Gasteiger charge is 2.10. The van der Waals surface area contributed by atoms with Crippen molar-refractivity contribution >= 4 is 22.6 Å². The van der Waals surface area contributed by atoms with Crippen molar-refractivity contribution in [3.05, 3.63) is 65.2 Å². The van der Waals surface area contributed by atoms with E-state index in [1.807, 2.05) is 18.2 Å². The van der Waals surface area contributed by atoms with Gasteiger partial charge in [-0.15, -0.1) is 11.6 Å². The molecule has 0 aliphatic carbocycles. The first-order valence-corrected chi connectivity index (χ1v) is 7.47. The Morgan fingerprint density at radius 2 is 2.05 bits per heavy atom. The van der Waals surface area contributed by atoms with Gasteiger partial charge >= 0.3 is 0 Å². The molecule has 108 valence electrons. The van der Waals surface area contributed by atoms with Crippen molar-refractivity contribution in [2.75, 3.05) is 0 Å². The number of alkyl halides is 1. The Labute approximate surface area is 128 Å². The van der Waals surface area contributed by atoms with Gasteiger partial charge in [0.2, 0.25) is 0 Å². The molecule has 0 N–H and O–H groups in total.